The molecule has 0 saturated heterocycles. The molecule has 2 aliphatic rings. The lowest BCUT2D eigenvalue weighted by Crippen LogP contribution is -2.45. The van der Waals surface area contributed by atoms with Crippen LogP contribution in [-0.2, 0) is 14.3 Å². The Morgan fingerprint density at radius 1 is 0.597 bits per heavy atom. The molecule has 4 aromatic rings. The molecule has 3 N–H and O–H groups in total. The molecule has 0 unspecified atom stereocenters. The summed E-state index contributed by atoms with van der Waals surface area (Å²) < 4.78 is 61.2. The van der Waals surface area contributed by atoms with Crippen LogP contribution in [0, 0.1) is 34.1 Å². The summed E-state index contributed by atoms with van der Waals surface area (Å²) in [5.74, 6) is -3.71. The van der Waals surface area contributed by atoms with Gasteiger partial charge in [-0.05, 0) is 90.3 Å². The van der Waals surface area contributed by atoms with E-state index < -0.39 is 82.0 Å². The second-order valence-corrected chi connectivity index (χ2v) is 18.3. The summed E-state index contributed by atoms with van der Waals surface area (Å²) >= 11 is 0. The molecule has 0 radical (unpaired) electrons. The molecule has 0 fully saturated rings. The molecule has 4 atom stereocenters. The van der Waals surface area contributed by atoms with Crippen molar-refractivity contribution in [3.05, 3.63) is 155 Å². The first-order valence-corrected chi connectivity index (χ1v) is 20.1. The Morgan fingerprint density at radius 3 is 1.34 bits per heavy atom. The molecule has 4 aromatic carbocycles. The number of amides is 2. The number of aliphatic hydroxyl groups is 2. The van der Waals surface area contributed by atoms with Crippen molar-refractivity contribution in [1.29, 1.82) is 0 Å². The van der Waals surface area contributed by atoms with Crippen molar-refractivity contribution >= 4 is 29.1 Å². The predicted octanol–water partition coefficient (Wildman–Crippen LogP) is 10.2. The Bertz CT molecular complexity index is 2260. The molecule has 9 nitrogen and oxygen atoms in total. The third-order valence-corrected chi connectivity index (χ3v) is 9.92. The summed E-state index contributed by atoms with van der Waals surface area (Å²) in [6.45, 7) is 16.0. The molecule has 2 amide bonds. The van der Waals surface area contributed by atoms with Gasteiger partial charge in [0.05, 0.1) is 18.6 Å². The van der Waals surface area contributed by atoms with Crippen LogP contribution in [0.2, 0.25) is 0 Å². The van der Waals surface area contributed by atoms with Gasteiger partial charge in [-0.25, -0.2) is 27.2 Å². The summed E-state index contributed by atoms with van der Waals surface area (Å²) in [5, 5.41) is 27.6. The summed E-state index contributed by atoms with van der Waals surface area (Å²) in [6, 6.07) is 24.5. The zero-order valence-corrected chi connectivity index (χ0v) is 36.5. The minimum atomic E-state index is -1.27. The highest BCUT2D eigenvalue weighted by molar-refractivity contribution is 5.86. The summed E-state index contributed by atoms with van der Waals surface area (Å²) in [4.78, 5) is 38.8. The lowest BCUT2D eigenvalue weighted by molar-refractivity contribution is -0.152. The van der Waals surface area contributed by atoms with Gasteiger partial charge in [-0.2, -0.15) is 0 Å². The van der Waals surface area contributed by atoms with E-state index in [1.54, 1.807) is 74.5 Å². The maximum atomic E-state index is 14.3. The smallest absolute Gasteiger partial charge is 0.411 e. The van der Waals surface area contributed by atoms with E-state index >= 15 is 0 Å². The van der Waals surface area contributed by atoms with Crippen LogP contribution in [0.25, 0.3) is 11.1 Å². The summed E-state index contributed by atoms with van der Waals surface area (Å²) in [5.41, 5.74) is 1.26. The normalized spacial score (nSPS) is 17.4. The molecule has 0 spiro atoms. The fourth-order valence-electron chi connectivity index (χ4n) is 6.53. The average molecular weight is 861 g/mol. The largest absolute Gasteiger partial charge is 0.479 e. The highest BCUT2D eigenvalue weighted by atomic mass is 19.1. The van der Waals surface area contributed by atoms with Gasteiger partial charge in [0.15, 0.2) is 6.10 Å². The SMILES string of the molecule is CC(C)(C)OC(=O)N1CC(c2cc(F)ccc2F)=C[C@H]1c1ccccc1.CC(C)(C)[C@H](O)C(=O)N1CC(c2cc(F)ccc2F)=C[C@H]1c1ccccc1.CC(C)(C)[C@H](O)C(=O)O. The topological polar surface area (TPSA) is 128 Å². The first-order chi connectivity index (χ1) is 28.8. The minimum Gasteiger partial charge on any atom is -0.479 e. The van der Waals surface area contributed by atoms with E-state index in [-0.39, 0.29) is 24.2 Å². The third kappa shape index (κ3) is 12.9. The zero-order valence-electron chi connectivity index (χ0n) is 36.5. The highest BCUT2D eigenvalue weighted by Crippen LogP contribution is 2.39. The maximum absolute atomic E-state index is 14.3. The number of carboxylic acid groups (broad SMARTS) is 1. The predicted molar refractivity (Wildman–Crippen MR) is 230 cm³/mol. The molecule has 0 aromatic heterocycles. The quantitative estimate of drug-likeness (QED) is 0.165. The Hall–Kier alpha value is -5.79. The standard InChI is InChI=1S/C22H23F2NO2.C21H21F2NO2.C6H12O3/c1-22(2,3)20(26)21(27)25-13-15(17-12-16(23)9-10-18(17)24)11-19(25)14-7-5-4-6-8-14;1-21(2,3)26-20(25)24-13-15(17-12-16(22)9-10-18(17)23)11-19(24)14-7-5-4-6-8-14;1-6(2,3)4(7)5(8)9/h4-12,19-20,26H,13H2,1-3H3;4-12,19H,13H2,1-3H3;4,7H,1-3H3,(H,8,9)/t19-,20+;19-;4-/m001/s1. The van der Waals surface area contributed by atoms with Gasteiger partial charge in [0.25, 0.3) is 5.91 Å². The molecule has 6 rings (SSSR count). The van der Waals surface area contributed by atoms with Crippen LogP contribution in [0.3, 0.4) is 0 Å². The van der Waals surface area contributed by atoms with Gasteiger partial charge in [-0.3, -0.25) is 9.69 Å². The Morgan fingerprint density at radius 2 is 0.984 bits per heavy atom. The number of aliphatic carboxylic acids is 1. The number of halogens is 4. The van der Waals surface area contributed by atoms with Gasteiger partial charge in [0.1, 0.15) is 35.0 Å². The van der Waals surface area contributed by atoms with Gasteiger partial charge in [0, 0.05) is 17.7 Å². The number of aliphatic hydroxyl groups excluding tert-OH is 2. The van der Waals surface area contributed by atoms with Crippen LogP contribution in [0.5, 0.6) is 0 Å². The van der Waals surface area contributed by atoms with Crippen LogP contribution < -0.4 is 0 Å². The first-order valence-electron chi connectivity index (χ1n) is 20.1. The molecule has 13 heteroatoms. The number of benzene rings is 4. The average Bonchev–Trinajstić information content (AvgIpc) is 3.85. The van der Waals surface area contributed by atoms with E-state index in [0.29, 0.717) is 11.1 Å². The van der Waals surface area contributed by atoms with E-state index in [4.69, 9.17) is 14.9 Å². The zero-order chi connectivity index (χ0) is 46.3. The lowest BCUT2D eigenvalue weighted by Gasteiger charge is -2.32. The van der Waals surface area contributed by atoms with Crippen LogP contribution in [0.1, 0.15) is 96.7 Å². The number of carboxylic acids is 1. The number of hydrogen-bond acceptors (Lipinski definition) is 6. The van der Waals surface area contributed by atoms with Crippen LogP contribution in [0.4, 0.5) is 22.4 Å². The number of hydrogen-bond donors (Lipinski definition) is 3. The minimum absolute atomic E-state index is 0.103. The maximum Gasteiger partial charge on any atom is 0.411 e. The Balaban J connectivity index is 0.000000228. The number of rotatable bonds is 6. The Labute approximate surface area is 361 Å². The van der Waals surface area contributed by atoms with Crippen molar-refractivity contribution < 1.29 is 52.0 Å². The van der Waals surface area contributed by atoms with Gasteiger partial charge in [0.2, 0.25) is 0 Å². The fourth-order valence-corrected chi connectivity index (χ4v) is 6.53. The molecule has 0 aliphatic carbocycles. The fraction of sp³-hybridized carbons (Fsp3) is 0.367. The van der Waals surface area contributed by atoms with Gasteiger partial charge < -0.3 is 25.0 Å². The van der Waals surface area contributed by atoms with Crippen molar-refractivity contribution in [2.24, 2.45) is 10.8 Å². The van der Waals surface area contributed by atoms with E-state index in [2.05, 4.69) is 0 Å². The molecule has 0 bridgehead atoms. The van der Waals surface area contributed by atoms with E-state index in [1.165, 1.54) is 9.80 Å². The van der Waals surface area contributed by atoms with Gasteiger partial charge in [-0.1, -0.05) is 114 Å². The molecule has 62 heavy (non-hydrogen) atoms. The van der Waals surface area contributed by atoms with Crippen LogP contribution in [-0.4, -0.2) is 74.0 Å². The first kappa shape index (κ1) is 48.9. The number of nitrogens with zero attached hydrogens (tertiary/aromatic N) is 2. The monoisotopic (exact) mass is 860 g/mol. The molecule has 2 aliphatic heterocycles. The van der Waals surface area contributed by atoms with Gasteiger partial charge >= 0.3 is 12.1 Å². The molecule has 2 heterocycles. The van der Waals surface area contributed by atoms with Crippen LogP contribution >= 0.6 is 0 Å². The second-order valence-electron chi connectivity index (χ2n) is 18.3. The van der Waals surface area contributed by atoms with Gasteiger partial charge in [-0.15, -0.1) is 0 Å². The van der Waals surface area contributed by atoms with Crippen molar-refractivity contribution in [3.8, 4) is 0 Å². The van der Waals surface area contributed by atoms with Crippen molar-refractivity contribution in [2.45, 2.75) is 92.2 Å². The number of carbonyl (C=O) groups excluding carboxylic acids is 2. The highest BCUT2D eigenvalue weighted by Gasteiger charge is 2.39. The van der Waals surface area contributed by atoms with E-state index in [9.17, 15) is 37.1 Å². The summed E-state index contributed by atoms with van der Waals surface area (Å²) in [7, 11) is 0. The second kappa shape index (κ2) is 19.9. The molecule has 332 valence electrons. The molecular formula is C49H56F4N2O7. The van der Waals surface area contributed by atoms with E-state index in [1.807, 2.05) is 60.7 Å². The van der Waals surface area contributed by atoms with Crippen molar-refractivity contribution in [3.63, 3.8) is 0 Å². The van der Waals surface area contributed by atoms with Crippen molar-refractivity contribution in [2.75, 3.05) is 13.1 Å². The third-order valence-electron chi connectivity index (χ3n) is 9.92. The van der Waals surface area contributed by atoms with E-state index in [0.717, 1.165) is 47.5 Å². The Kier molecular flexibility index (Phi) is 15.7. The molecule has 0 saturated carbocycles. The number of ether oxygens (including phenoxy) is 1. The van der Waals surface area contributed by atoms with Crippen molar-refractivity contribution in [1.82, 2.24) is 9.80 Å². The summed E-state index contributed by atoms with van der Waals surface area (Å²) in [6.07, 6.45) is 0.595. The number of carbonyl (C=O) groups is 3. The van der Waals surface area contributed by atoms with Crippen LogP contribution in [0.15, 0.2) is 109 Å². The lowest BCUT2D eigenvalue weighted by atomic mass is 9.88. The molecular weight excluding hydrogens is 805 g/mol.